The standard InChI is InChI=1S/C24H30N2O5/c1-28-13-6-12-26-23(25-20-9-4-3-8-19(20)24(26)27)17-10-11-21(22(15-17)29-2)31-16-18-7-5-14-30-18/h3-4,8-11,15,18,23,25H,5-7,12-14,16H2,1-2H3. The number of para-hydroxylation sites is 1. The monoisotopic (exact) mass is 426 g/mol. The van der Waals surface area contributed by atoms with Gasteiger partial charge in [-0.3, -0.25) is 4.79 Å². The van der Waals surface area contributed by atoms with E-state index in [0.29, 0.717) is 36.8 Å². The van der Waals surface area contributed by atoms with Gasteiger partial charge in [0.15, 0.2) is 11.5 Å². The van der Waals surface area contributed by atoms with Gasteiger partial charge in [-0.2, -0.15) is 0 Å². The zero-order valence-electron chi connectivity index (χ0n) is 18.1. The number of anilines is 1. The van der Waals surface area contributed by atoms with Crippen molar-refractivity contribution in [2.75, 3.05) is 45.9 Å². The predicted molar refractivity (Wildman–Crippen MR) is 118 cm³/mol. The second-order valence-corrected chi connectivity index (χ2v) is 7.79. The fourth-order valence-corrected chi connectivity index (χ4v) is 4.10. The molecule has 2 aromatic carbocycles. The quantitative estimate of drug-likeness (QED) is 0.614. The Morgan fingerprint density at radius 3 is 2.81 bits per heavy atom. The highest BCUT2D eigenvalue weighted by molar-refractivity contribution is 6.01. The molecule has 0 spiro atoms. The second-order valence-electron chi connectivity index (χ2n) is 7.79. The molecule has 1 fully saturated rings. The van der Waals surface area contributed by atoms with Crippen molar-refractivity contribution in [3.63, 3.8) is 0 Å². The Bertz CT molecular complexity index is 897. The predicted octanol–water partition coefficient (Wildman–Crippen LogP) is 3.86. The molecule has 2 aromatic rings. The molecular formula is C24H30N2O5. The molecule has 1 amide bonds. The van der Waals surface area contributed by atoms with Crippen LogP contribution < -0.4 is 14.8 Å². The van der Waals surface area contributed by atoms with Crippen LogP contribution in [0.2, 0.25) is 0 Å². The van der Waals surface area contributed by atoms with Gasteiger partial charge in [-0.1, -0.05) is 18.2 Å². The summed E-state index contributed by atoms with van der Waals surface area (Å²) in [5.41, 5.74) is 2.44. The Morgan fingerprint density at radius 2 is 2.03 bits per heavy atom. The zero-order chi connectivity index (χ0) is 21.6. The molecule has 2 unspecified atom stereocenters. The molecule has 2 atom stereocenters. The van der Waals surface area contributed by atoms with Crippen LogP contribution in [0.3, 0.4) is 0 Å². The number of carbonyl (C=O) groups excluding carboxylic acids is 1. The molecule has 2 heterocycles. The number of ether oxygens (including phenoxy) is 4. The minimum atomic E-state index is -0.305. The lowest BCUT2D eigenvalue weighted by molar-refractivity contribution is 0.0654. The van der Waals surface area contributed by atoms with E-state index in [4.69, 9.17) is 18.9 Å². The molecule has 7 nitrogen and oxygen atoms in total. The van der Waals surface area contributed by atoms with Crippen LogP contribution in [0.25, 0.3) is 0 Å². The summed E-state index contributed by atoms with van der Waals surface area (Å²) in [4.78, 5) is 15.1. The molecule has 2 aliphatic heterocycles. The zero-order valence-corrected chi connectivity index (χ0v) is 18.1. The summed E-state index contributed by atoms with van der Waals surface area (Å²) < 4.78 is 22.4. The molecule has 4 rings (SSSR count). The van der Waals surface area contributed by atoms with Crippen molar-refractivity contribution in [2.24, 2.45) is 0 Å². The summed E-state index contributed by atoms with van der Waals surface area (Å²) >= 11 is 0. The minimum Gasteiger partial charge on any atom is -0.493 e. The molecule has 1 saturated heterocycles. The minimum absolute atomic E-state index is 0.00753. The number of carbonyl (C=O) groups is 1. The topological polar surface area (TPSA) is 69.3 Å². The highest BCUT2D eigenvalue weighted by Gasteiger charge is 2.33. The second kappa shape index (κ2) is 10.0. The molecule has 31 heavy (non-hydrogen) atoms. The molecule has 0 aromatic heterocycles. The Kier molecular flexibility index (Phi) is 6.94. The molecule has 0 bridgehead atoms. The van der Waals surface area contributed by atoms with E-state index in [9.17, 15) is 4.79 Å². The van der Waals surface area contributed by atoms with Crippen molar-refractivity contribution in [3.8, 4) is 11.5 Å². The van der Waals surface area contributed by atoms with Crippen LogP contribution >= 0.6 is 0 Å². The number of hydrogen-bond donors (Lipinski definition) is 1. The van der Waals surface area contributed by atoms with Gasteiger partial charge in [0.25, 0.3) is 5.91 Å². The van der Waals surface area contributed by atoms with E-state index >= 15 is 0 Å². The fraction of sp³-hybridized carbons (Fsp3) is 0.458. The lowest BCUT2D eigenvalue weighted by Crippen LogP contribution is -2.43. The van der Waals surface area contributed by atoms with Gasteiger partial charge in [-0.15, -0.1) is 0 Å². The maximum atomic E-state index is 13.2. The Labute approximate surface area is 183 Å². The van der Waals surface area contributed by atoms with Crippen molar-refractivity contribution in [1.29, 1.82) is 0 Å². The van der Waals surface area contributed by atoms with Crippen LogP contribution in [-0.2, 0) is 9.47 Å². The third-order valence-corrected chi connectivity index (χ3v) is 5.72. The van der Waals surface area contributed by atoms with Crippen LogP contribution in [0.15, 0.2) is 42.5 Å². The number of methoxy groups -OCH3 is 2. The summed E-state index contributed by atoms with van der Waals surface area (Å²) in [5, 5.41) is 3.52. The van der Waals surface area contributed by atoms with Crippen molar-refractivity contribution in [1.82, 2.24) is 4.90 Å². The van der Waals surface area contributed by atoms with Crippen LogP contribution in [-0.4, -0.2) is 57.5 Å². The van der Waals surface area contributed by atoms with Crippen molar-refractivity contribution in [2.45, 2.75) is 31.5 Å². The summed E-state index contributed by atoms with van der Waals surface area (Å²) in [6, 6.07) is 13.4. The highest BCUT2D eigenvalue weighted by Crippen LogP contribution is 2.37. The Hall–Kier alpha value is -2.77. The average Bonchev–Trinajstić information content (AvgIpc) is 3.33. The van der Waals surface area contributed by atoms with Crippen LogP contribution in [0.1, 0.15) is 41.3 Å². The molecule has 7 heteroatoms. The van der Waals surface area contributed by atoms with Crippen LogP contribution in [0.4, 0.5) is 5.69 Å². The van der Waals surface area contributed by atoms with E-state index < -0.39 is 0 Å². The number of benzene rings is 2. The summed E-state index contributed by atoms with van der Waals surface area (Å²) in [6.07, 6.45) is 2.67. The van der Waals surface area contributed by atoms with Gasteiger partial charge in [0.05, 0.1) is 18.8 Å². The highest BCUT2D eigenvalue weighted by atomic mass is 16.5. The average molecular weight is 427 g/mol. The normalized spacial score (nSPS) is 20.3. The number of amides is 1. The van der Waals surface area contributed by atoms with E-state index in [-0.39, 0.29) is 18.2 Å². The molecule has 166 valence electrons. The maximum Gasteiger partial charge on any atom is 0.257 e. The van der Waals surface area contributed by atoms with Gasteiger partial charge in [0, 0.05) is 32.6 Å². The van der Waals surface area contributed by atoms with E-state index in [1.165, 1.54) is 0 Å². The number of nitrogens with one attached hydrogen (secondary N) is 1. The first kappa shape index (κ1) is 21.5. The molecule has 0 saturated carbocycles. The largest absolute Gasteiger partial charge is 0.493 e. The van der Waals surface area contributed by atoms with Crippen LogP contribution in [0, 0.1) is 0 Å². The maximum absolute atomic E-state index is 13.2. The fourth-order valence-electron chi connectivity index (χ4n) is 4.10. The smallest absolute Gasteiger partial charge is 0.257 e. The Balaban J connectivity index is 1.58. The van der Waals surface area contributed by atoms with E-state index in [2.05, 4.69) is 5.32 Å². The lowest BCUT2D eigenvalue weighted by Gasteiger charge is -2.38. The van der Waals surface area contributed by atoms with Crippen molar-refractivity contribution in [3.05, 3.63) is 53.6 Å². The molecular weight excluding hydrogens is 396 g/mol. The summed E-state index contributed by atoms with van der Waals surface area (Å²) in [6.45, 7) is 2.48. The molecule has 0 radical (unpaired) electrons. The third-order valence-electron chi connectivity index (χ3n) is 5.72. The van der Waals surface area contributed by atoms with E-state index in [0.717, 1.165) is 37.1 Å². The SMILES string of the molecule is COCCCN1C(=O)c2ccccc2NC1c1ccc(OCC2CCCO2)c(OC)c1. The van der Waals surface area contributed by atoms with E-state index in [1.807, 2.05) is 47.4 Å². The summed E-state index contributed by atoms with van der Waals surface area (Å²) in [7, 11) is 3.30. The van der Waals surface area contributed by atoms with Crippen molar-refractivity contribution < 1.29 is 23.7 Å². The molecule has 2 aliphatic rings. The van der Waals surface area contributed by atoms with Crippen molar-refractivity contribution >= 4 is 11.6 Å². The number of hydrogen-bond acceptors (Lipinski definition) is 6. The first-order valence-electron chi connectivity index (χ1n) is 10.8. The number of fused-ring (bicyclic) bond motifs is 1. The lowest BCUT2D eigenvalue weighted by atomic mass is 10.0. The number of rotatable bonds is 9. The van der Waals surface area contributed by atoms with Gasteiger partial charge in [0.2, 0.25) is 0 Å². The Morgan fingerprint density at radius 1 is 1.16 bits per heavy atom. The van der Waals surface area contributed by atoms with Gasteiger partial charge in [-0.25, -0.2) is 0 Å². The van der Waals surface area contributed by atoms with Gasteiger partial charge < -0.3 is 29.2 Å². The van der Waals surface area contributed by atoms with E-state index in [1.54, 1.807) is 14.2 Å². The van der Waals surface area contributed by atoms with Crippen LogP contribution in [0.5, 0.6) is 11.5 Å². The first-order valence-corrected chi connectivity index (χ1v) is 10.8. The first-order chi connectivity index (χ1) is 15.2. The summed E-state index contributed by atoms with van der Waals surface area (Å²) in [5.74, 6) is 1.32. The molecule has 0 aliphatic carbocycles. The van der Waals surface area contributed by atoms with Gasteiger partial charge >= 0.3 is 0 Å². The van der Waals surface area contributed by atoms with Gasteiger partial charge in [-0.05, 0) is 49.1 Å². The third kappa shape index (κ3) is 4.78. The molecule has 1 N–H and O–H groups in total. The number of nitrogens with zero attached hydrogens (tertiary/aromatic N) is 1. The van der Waals surface area contributed by atoms with Gasteiger partial charge in [0.1, 0.15) is 12.8 Å².